The Hall–Kier alpha value is -0.230. The van der Waals surface area contributed by atoms with Gasteiger partial charge in [0.25, 0.3) is 10.1 Å². The highest BCUT2D eigenvalue weighted by Gasteiger charge is 2.27. The van der Waals surface area contributed by atoms with E-state index in [1.165, 1.54) is 18.2 Å². The zero-order valence-corrected chi connectivity index (χ0v) is 21.2. The van der Waals surface area contributed by atoms with Gasteiger partial charge in [0.05, 0.1) is 7.14 Å². The molecule has 0 amide bonds. The average Bonchev–Trinajstić information content (AvgIpc) is 2.56. The molecule has 0 heterocycles. The van der Waals surface area contributed by atoms with Crippen LogP contribution in [0.15, 0.2) is 58.3 Å². The summed E-state index contributed by atoms with van der Waals surface area (Å²) in [5, 5.41) is 1.61. The van der Waals surface area contributed by atoms with Crippen LogP contribution in [0.2, 0.25) is 0 Å². The third-order valence-electron chi connectivity index (χ3n) is 3.55. The zero-order chi connectivity index (χ0) is 20.0. The van der Waals surface area contributed by atoms with Gasteiger partial charge in [0.15, 0.2) is 5.75 Å². The Balaban J connectivity index is 2.13. The Kier molecular flexibility index (Phi) is 6.28. The molecule has 0 radical (unpaired) electrons. The summed E-state index contributed by atoms with van der Waals surface area (Å²) < 4.78 is 64.2. The molecule has 0 aliphatic rings. The van der Waals surface area contributed by atoms with Crippen molar-refractivity contribution in [2.75, 3.05) is 0 Å². The van der Waals surface area contributed by atoms with E-state index in [0.717, 1.165) is 10.8 Å². The first-order chi connectivity index (χ1) is 12.5. The minimum Gasteiger partial charge on any atom is -0.377 e. The molecule has 0 unspecified atom stereocenters. The van der Waals surface area contributed by atoms with Crippen LogP contribution in [0.25, 0.3) is 10.8 Å². The second-order valence-corrected chi connectivity index (χ2v) is 11.6. The third-order valence-corrected chi connectivity index (χ3v) is 9.12. The van der Waals surface area contributed by atoms with Crippen LogP contribution in [0, 0.1) is 10.7 Å². The summed E-state index contributed by atoms with van der Waals surface area (Å²) in [5.41, 5.74) is 0. The molecule has 6 nitrogen and oxygen atoms in total. The predicted octanol–water partition coefficient (Wildman–Crippen LogP) is 4.67. The lowest BCUT2D eigenvalue weighted by atomic mass is 10.1. The van der Waals surface area contributed by atoms with Crippen LogP contribution in [0.1, 0.15) is 0 Å². The number of hydrogen-bond donors (Lipinski definition) is 1. The van der Waals surface area contributed by atoms with Crippen molar-refractivity contribution in [3.8, 4) is 5.75 Å². The highest BCUT2D eigenvalue weighted by atomic mass is 127. The van der Waals surface area contributed by atoms with E-state index in [2.05, 4.69) is 0 Å². The van der Waals surface area contributed by atoms with E-state index in [9.17, 15) is 21.4 Å². The molecule has 11 heteroatoms. The smallest absolute Gasteiger partial charge is 0.339 e. The first kappa shape index (κ1) is 21.5. The van der Waals surface area contributed by atoms with Gasteiger partial charge in [-0.2, -0.15) is 16.8 Å². The van der Waals surface area contributed by atoms with E-state index in [1.54, 1.807) is 63.4 Å². The molecule has 0 saturated heterocycles. The van der Waals surface area contributed by atoms with E-state index in [4.69, 9.17) is 4.18 Å². The molecule has 0 saturated carbocycles. The fourth-order valence-electron chi connectivity index (χ4n) is 2.35. The van der Waals surface area contributed by atoms with Crippen LogP contribution < -0.4 is 4.18 Å². The molecule has 0 fully saturated rings. The largest absolute Gasteiger partial charge is 0.377 e. The van der Waals surface area contributed by atoms with E-state index >= 15 is 0 Å². The maximum absolute atomic E-state index is 12.8. The van der Waals surface area contributed by atoms with E-state index in [-0.39, 0.29) is 22.7 Å². The summed E-state index contributed by atoms with van der Waals surface area (Å²) in [4.78, 5) is -0.437. The van der Waals surface area contributed by atoms with Crippen molar-refractivity contribution in [1.82, 2.24) is 0 Å². The standard InChI is InChI=1S/C16H9I3O6S2/c17-12-8-13(18)16(26(20,21)22)14(19)15(12)25-27(23,24)11-6-5-9-3-1-2-4-10(9)7-11/h1-8H,(H,20,21,22). The number of halogens is 3. The van der Waals surface area contributed by atoms with Crippen LogP contribution in [0.3, 0.4) is 0 Å². The van der Waals surface area contributed by atoms with Gasteiger partial charge in [-0.05, 0) is 96.7 Å². The van der Waals surface area contributed by atoms with Crippen molar-refractivity contribution in [3.05, 3.63) is 59.2 Å². The van der Waals surface area contributed by atoms with Crippen molar-refractivity contribution >= 4 is 98.8 Å². The first-order valence-electron chi connectivity index (χ1n) is 7.09. The molecular formula is C16H9I3O6S2. The molecular weight excluding hydrogens is 733 g/mol. The fourth-order valence-corrected chi connectivity index (χ4v) is 9.53. The van der Waals surface area contributed by atoms with E-state index in [1.807, 2.05) is 34.7 Å². The van der Waals surface area contributed by atoms with E-state index < -0.39 is 20.2 Å². The highest BCUT2D eigenvalue weighted by molar-refractivity contribution is 14.1. The lowest BCUT2D eigenvalue weighted by Crippen LogP contribution is -2.14. The first-order valence-corrected chi connectivity index (χ1v) is 13.2. The second-order valence-electron chi connectivity index (χ2n) is 5.33. The molecule has 0 aromatic heterocycles. The average molecular weight is 742 g/mol. The van der Waals surface area contributed by atoms with E-state index in [0.29, 0.717) is 3.57 Å². The Morgan fingerprint density at radius 3 is 2.07 bits per heavy atom. The minimum absolute atomic E-state index is 0.00392. The summed E-state index contributed by atoms with van der Waals surface area (Å²) in [7, 11) is -8.76. The predicted molar refractivity (Wildman–Crippen MR) is 126 cm³/mol. The molecule has 3 rings (SSSR count). The lowest BCUT2D eigenvalue weighted by Gasteiger charge is -2.14. The summed E-state index contributed by atoms with van der Waals surface area (Å²) in [6.45, 7) is 0. The summed E-state index contributed by atoms with van der Waals surface area (Å²) in [6, 6.07) is 13.3. The Morgan fingerprint density at radius 1 is 0.815 bits per heavy atom. The fraction of sp³-hybridized carbons (Fsp3) is 0. The Morgan fingerprint density at radius 2 is 1.44 bits per heavy atom. The third kappa shape index (κ3) is 4.52. The Labute approximate surface area is 197 Å². The van der Waals surface area contributed by atoms with Crippen LogP contribution >= 0.6 is 67.8 Å². The summed E-state index contributed by atoms with van der Waals surface area (Å²) >= 11 is 5.27. The van der Waals surface area contributed by atoms with Gasteiger partial charge < -0.3 is 4.18 Å². The van der Waals surface area contributed by atoms with Crippen molar-refractivity contribution in [3.63, 3.8) is 0 Å². The van der Waals surface area contributed by atoms with Crippen LogP contribution in [0.4, 0.5) is 0 Å². The molecule has 0 aliphatic carbocycles. The van der Waals surface area contributed by atoms with Gasteiger partial charge in [-0.1, -0.05) is 30.3 Å². The molecule has 3 aromatic carbocycles. The van der Waals surface area contributed by atoms with Crippen molar-refractivity contribution in [2.45, 2.75) is 9.79 Å². The molecule has 0 aliphatic heterocycles. The van der Waals surface area contributed by atoms with Crippen LogP contribution in [0.5, 0.6) is 5.75 Å². The van der Waals surface area contributed by atoms with Gasteiger partial charge in [0, 0.05) is 3.57 Å². The number of hydrogen-bond acceptors (Lipinski definition) is 5. The maximum Gasteiger partial charge on any atom is 0.339 e. The highest BCUT2D eigenvalue weighted by Crippen LogP contribution is 2.37. The molecule has 0 spiro atoms. The van der Waals surface area contributed by atoms with Crippen LogP contribution in [-0.4, -0.2) is 21.4 Å². The summed E-state index contributed by atoms with van der Waals surface area (Å²) in [5.74, 6) is -0.141. The van der Waals surface area contributed by atoms with Gasteiger partial charge in [0.1, 0.15) is 9.79 Å². The van der Waals surface area contributed by atoms with Crippen molar-refractivity contribution in [1.29, 1.82) is 0 Å². The topological polar surface area (TPSA) is 97.7 Å². The maximum atomic E-state index is 12.8. The Bertz CT molecular complexity index is 1270. The summed E-state index contributed by atoms with van der Waals surface area (Å²) in [6.07, 6.45) is 0. The molecule has 142 valence electrons. The molecule has 1 N–H and O–H groups in total. The van der Waals surface area contributed by atoms with Crippen molar-refractivity contribution < 1.29 is 25.6 Å². The second kappa shape index (κ2) is 7.89. The van der Waals surface area contributed by atoms with Gasteiger partial charge in [-0.15, -0.1) is 0 Å². The monoisotopic (exact) mass is 742 g/mol. The SMILES string of the molecule is O=S(=O)(O)c1c(I)cc(I)c(OS(=O)(=O)c2ccc3ccccc3c2)c1I. The number of fused-ring (bicyclic) bond motifs is 1. The van der Waals surface area contributed by atoms with Crippen molar-refractivity contribution in [2.24, 2.45) is 0 Å². The van der Waals surface area contributed by atoms with Gasteiger partial charge >= 0.3 is 10.1 Å². The molecule has 3 aromatic rings. The number of rotatable bonds is 4. The van der Waals surface area contributed by atoms with Gasteiger partial charge in [-0.25, -0.2) is 0 Å². The molecule has 27 heavy (non-hydrogen) atoms. The molecule has 0 bridgehead atoms. The normalized spacial score (nSPS) is 12.3. The number of benzene rings is 3. The van der Waals surface area contributed by atoms with Gasteiger partial charge in [0.2, 0.25) is 0 Å². The molecule has 0 atom stereocenters. The lowest BCUT2D eigenvalue weighted by molar-refractivity contribution is 0.471. The minimum atomic E-state index is -4.55. The van der Waals surface area contributed by atoms with Crippen LogP contribution in [-0.2, 0) is 20.2 Å². The quantitative estimate of drug-likeness (QED) is 0.238. The van der Waals surface area contributed by atoms with Gasteiger partial charge in [-0.3, -0.25) is 4.55 Å². The zero-order valence-electron chi connectivity index (χ0n) is 13.1.